The van der Waals surface area contributed by atoms with Crippen molar-refractivity contribution in [1.29, 1.82) is 0 Å². The molecule has 1 aliphatic carbocycles. The smallest absolute Gasteiger partial charge is 0.227 e. The summed E-state index contributed by atoms with van der Waals surface area (Å²) in [5.74, 6) is 0.311. The second-order valence-electron chi connectivity index (χ2n) is 6.01. The van der Waals surface area contributed by atoms with Gasteiger partial charge in [-0.1, -0.05) is 38.0 Å². The van der Waals surface area contributed by atoms with E-state index in [2.05, 4.69) is 24.0 Å². The SMILES string of the molecule is C[C@@]12CCCC[C@H]1N(c1ccccc1)C(=O)CC2. The van der Waals surface area contributed by atoms with Gasteiger partial charge in [0.15, 0.2) is 0 Å². The third kappa shape index (κ3) is 1.84. The summed E-state index contributed by atoms with van der Waals surface area (Å²) in [6.45, 7) is 2.37. The Morgan fingerprint density at radius 3 is 2.72 bits per heavy atom. The van der Waals surface area contributed by atoms with Gasteiger partial charge in [-0.2, -0.15) is 0 Å². The van der Waals surface area contributed by atoms with Crippen LogP contribution >= 0.6 is 0 Å². The van der Waals surface area contributed by atoms with Crippen LogP contribution in [0.2, 0.25) is 0 Å². The largest absolute Gasteiger partial charge is 0.309 e. The fraction of sp³-hybridized carbons (Fsp3) is 0.562. The van der Waals surface area contributed by atoms with E-state index >= 15 is 0 Å². The molecule has 0 radical (unpaired) electrons. The summed E-state index contributed by atoms with van der Waals surface area (Å²) >= 11 is 0. The average Bonchev–Trinajstić information content (AvgIpc) is 2.40. The summed E-state index contributed by atoms with van der Waals surface area (Å²) in [6, 6.07) is 10.6. The Morgan fingerprint density at radius 1 is 1.17 bits per heavy atom. The molecule has 2 fully saturated rings. The van der Waals surface area contributed by atoms with Crippen LogP contribution in [-0.2, 0) is 4.79 Å². The van der Waals surface area contributed by atoms with Gasteiger partial charge in [-0.25, -0.2) is 0 Å². The molecule has 3 rings (SSSR count). The molecule has 0 aromatic heterocycles. The minimum absolute atomic E-state index is 0.311. The maximum Gasteiger partial charge on any atom is 0.227 e. The predicted octanol–water partition coefficient (Wildman–Crippen LogP) is 3.76. The van der Waals surface area contributed by atoms with Crippen LogP contribution in [0.25, 0.3) is 0 Å². The van der Waals surface area contributed by atoms with Crippen LogP contribution in [-0.4, -0.2) is 11.9 Å². The summed E-state index contributed by atoms with van der Waals surface area (Å²) in [5.41, 5.74) is 1.42. The van der Waals surface area contributed by atoms with Gasteiger partial charge >= 0.3 is 0 Å². The Kier molecular flexibility index (Phi) is 2.89. The molecule has 2 atom stereocenters. The van der Waals surface area contributed by atoms with Gasteiger partial charge < -0.3 is 4.90 Å². The van der Waals surface area contributed by atoms with Crippen LogP contribution in [0.4, 0.5) is 5.69 Å². The molecule has 0 unspecified atom stereocenters. The Labute approximate surface area is 109 Å². The van der Waals surface area contributed by atoms with Crippen molar-refractivity contribution in [2.75, 3.05) is 4.90 Å². The molecular weight excluding hydrogens is 222 g/mol. The van der Waals surface area contributed by atoms with Gasteiger partial charge in [0, 0.05) is 18.2 Å². The van der Waals surface area contributed by atoms with Crippen LogP contribution in [0, 0.1) is 5.41 Å². The summed E-state index contributed by atoms with van der Waals surface area (Å²) in [4.78, 5) is 14.4. The molecule has 0 spiro atoms. The van der Waals surface area contributed by atoms with Gasteiger partial charge in [-0.05, 0) is 36.8 Å². The van der Waals surface area contributed by atoms with Gasteiger partial charge in [0.1, 0.15) is 0 Å². The molecule has 18 heavy (non-hydrogen) atoms. The minimum Gasteiger partial charge on any atom is -0.309 e. The van der Waals surface area contributed by atoms with E-state index in [9.17, 15) is 4.79 Å². The number of amides is 1. The van der Waals surface area contributed by atoms with Crippen LogP contribution in [0.5, 0.6) is 0 Å². The molecule has 1 heterocycles. The number of hydrogen-bond donors (Lipinski definition) is 0. The molecule has 2 heteroatoms. The van der Waals surface area contributed by atoms with Crippen LogP contribution in [0.3, 0.4) is 0 Å². The molecule has 1 saturated heterocycles. The number of carbonyl (C=O) groups is 1. The number of anilines is 1. The predicted molar refractivity (Wildman–Crippen MR) is 73.5 cm³/mol. The van der Waals surface area contributed by atoms with E-state index in [1.165, 1.54) is 19.3 Å². The first kappa shape index (κ1) is 11.8. The zero-order chi connectivity index (χ0) is 12.6. The monoisotopic (exact) mass is 243 g/mol. The Bertz CT molecular complexity index is 442. The number of hydrogen-bond acceptors (Lipinski definition) is 1. The quantitative estimate of drug-likeness (QED) is 0.735. The standard InChI is InChI=1S/C16H21NO/c1-16-11-6-5-9-14(16)17(15(18)10-12-16)13-7-3-2-4-8-13/h2-4,7-8,14H,5-6,9-12H2,1H3/t14-,16+/m1/s1. The summed E-state index contributed by atoms with van der Waals surface area (Å²) < 4.78 is 0. The number of nitrogens with zero attached hydrogens (tertiary/aromatic N) is 1. The van der Waals surface area contributed by atoms with Crippen LogP contribution < -0.4 is 4.90 Å². The van der Waals surface area contributed by atoms with Gasteiger partial charge in [-0.15, -0.1) is 0 Å². The number of benzene rings is 1. The lowest BCUT2D eigenvalue weighted by atomic mass is 9.66. The molecule has 2 nitrogen and oxygen atoms in total. The van der Waals surface area contributed by atoms with Crippen molar-refractivity contribution in [3.8, 4) is 0 Å². The average molecular weight is 243 g/mol. The highest BCUT2D eigenvalue weighted by molar-refractivity contribution is 5.95. The van der Waals surface area contributed by atoms with Gasteiger partial charge in [0.05, 0.1) is 0 Å². The van der Waals surface area contributed by atoms with Crippen LogP contribution in [0.15, 0.2) is 30.3 Å². The first-order valence-electron chi connectivity index (χ1n) is 7.08. The first-order chi connectivity index (χ1) is 8.71. The number of piperidine rings is 1. The second kappa shape index (κ2) is 4.42. The van der Waals surface area contributed by atoms with Crippen molar-refractivity contribution in [3.05, 3.63) is 30.3 Å². The maximum atomic E-state index is 12.3. The molecule has 96 valence electrons. The van der Waals surface area contributed by atoms with Crippen LogP contribution in [0.1, 0.15) is 45.4 Å². The molecule has 1 aromatic carbocycles. The Morgan fingerprint density at radius 2 is 1.94 bits per heavy atom. The maximum absolute atomic E-state index is 12.3. The lowest BCUT2D eigenvalue weighted by Gasteiger charge is -2.50. The fourth-order valence-corrected chi connectivity index (χ4v) is 3.71. The Balaban J connectivity index is 1.97. The van der Waals surface area contributed by atoms with Crippen molar-refractivity contribution in [2.45, 2.75) is 51.5 Å². The highest BCUT2D eigenvalue weighted by atomic mass is 16.2. The van der Waals surface area contributed by atoms with E-state index in [0.717, 1.165) is 18.5 Å². The van der Waals surface area contributed by atoms with E-state index < -0.39 is 0 Å². The number of para-hydroxylation sites is 1. The Hall–Kier alpha value is -1.31. The molecule has 1 amide bonds. The van der Waals surface area contributed by atoms with E-state index in [-0.39, 0.29) is 0 Å². The summed E-state index contributed by atoms with van der Waals surface area (Å²) in [7, 11) is 0. The normalized spacial score (nSPS) is 32.2. The number of rotatable bonds is 1. The van der Waals surface area contributed by atoms with E-state index in [4.69, 9.17) is 0 Å². The topological polar surface area (TPSA) is 20.3 Å². The van der Waals surface area contributed by atoms with Gasteiger partial charge in [0.2, 0.25) is 5.91 Å². The first-order valence-corrected chi connectivity index (χ1v) is 7.08. The molecule has 0 N–H and O–H groups in total. The van der Waals surface area contributed by atoms with E-state index in [1.807, 2.05) is 18.2 Å². The van der Waals surface area contributed by atoms with Gasteiger partial charge in [0.25, 0.3) is 0 Å². The second-order valence-corrected chi connectivity index (χ2v) is 6.01. The van der Waals surface area contributed by atoms with Gasteiger partial charge in [-0.3, -0.25) is 4.79 Å². The summed E-state index contributed by atoms with van der Waals surface area (Å²) in [6.07, 6.45) is 6.80. The van der Waals surface area contributed by atoms with Crippen molar-refractivity contribution >= 4 is 11.6 Å². The highest BCUT2D eigenvalue weighted by Gasteiger charge is 2.45. The third-order valence-corrected chi connectivity index (χ3v) is 4.80. The zero-order valence-electron chi connectivity index (χ0n) is 11.1. The number of fused-ring (bicyclic) bond motifs is 1. The van der Waals surface area contributed by atoms with Crippen molar-refractivity contribution in [3.63, 3.8) is 0 Å². The van der Waals surface area contributed by atoms with Crippen molar-refractivity contribution in [1.82, 2.24) is 0 Å². The van der Waals surface area contributed by atoms with Crippen molar-refractivity contribution < 1.29 is 4.79 Å². The zero-order valence-corrected chi connectivity index (χ0v) is 11.1. The molecule has 2 aliphatic rings. The van der Waals surface area contributed by atoms with E-state index in [0.29, 0.717) is 23.8 Å². The molecule has 0 bridgehead atoms. The lowest BCUT2D eigenvalue weighted by Crippen LogP contribution is -2.55. The van der Waals surface area contributed by atoms with Crippen molar-refractivity contribution in [2.24, 2.45) is 5.41 Å². The molecule has 1 aliphatic heterocycles. The summed E-state index contributed by atoms with van der Waals surface area (Å²) in [5, 5.41) is 0. The molecule has 1 saturated carbocycles. The minimum atomic E-state index is 0.311. The lowest BCUT2D eigenvalue weighted by molar-refractivity contribution is -0.123. The molecule has 1 aromatic rings. The number of carbonyl (C=O) groups excluding carboxylic acids is 1. The third-order valence-electron chi connectivity index (χ3n) is 4.80. The molecular formula is C16H21NO. The van der Waals surface area contributed by atoms with E-state index in [1.54, 1.807) is 0 Å². The highest BCUT2D eigenvalue weighted by Crippen LogP contribution is 2.47. The fourth-order valence-electron chi connectivity index (χ4n) is 3.71.